The topological polar surface area (TPSA) is 184 Å². The van der Waals surface area contributed by atoms with E-state index in [1.54, 1.807) is 12.1 Å². The molecule has 0 spiro atoms. The van der Waals surface area contributed by atoms with Gasteiger partial charge < -0.3 is 26.4 Å². The number of carboxylic acids is 2. The van der Waals surface area contributed by atoms with Crippen LogP contribution in [0.1, 0.15) is 31.7 Å². The molecule has 0 heterocycles. The van der Waals surface area contributed by atoms with Crippen LogP contribution in [-0.4, -0.2) is 56.8 Å². The van der Waals surface area contributed by atoms with E-state index in [9.17, 15) is 29.1 Å². The minimum absolute atomic E-state index is 0.0369. The fourth-order valence-corrected chi connectivity index (χ4v) is 2.62. The molecule has 3 atom stereocenters. The lowest BCUT2D eigenvalue weighted by molar-refractivity contribution is -0.143. The third-order valence-corrected chi connectivity index (χ3v) is 4.23. The molecular weight excluding hydrogens is 384 g/mol. The fourth-order valence-electron chi connectivity index (χ4n) is 2.62. The second kappa shape index (κ2) is 10.9. The van der Waals surface area contributed by atoms with Crippen LogP contribution in [0.15, 0.2) is 24.3 Å². The Bertz CT molecular complexity index is 775. The fraction of sp³-hybridized carbons (Fsp3) is 0.421. The van der Waals surface area contributed by atoms with E-state index in [0.717, 1.165) is 0 Å². The van der Waals surface area contributed by atoms with Crippen molar-refractivity contribution in [1.29, 1.82) is 0 Å². The van der Waals surface area contributed by atoms with Crippen LogP contribution in [0.4, 0.5) is 0 Å². The summed E-state index contributed by atoms with van der Waals surface area (Å²) < 4.78 is 0. The van der Waals surface area contributed by atoms with E-state index in [1.165, 1.54) is 19.1 Å². The first-order valence-corrected chi connectivity index (χ1v) is 8.80. The zero-order valence-corrected chi connectivity index (χ0v) is 15.8. The minimum atomic E-state index is -1.36. The van der Waals surface area contributed by atoms with Crippen molar-refractivity contribution in [2.75, 3.05) is 0 Å². The maximum Gasteiger partial charge on any atom is 0.305 e. The van der Waals surface area contributed by atoms with E-state index >= 15 is 0 Å². The number of hydrogen-bond donors (Lipinski definition) is 5. The second-order valence-corrected chi connectivity index (χ2v) is 6.71. The number of rotatable bonds is 12. The number of aromatic hydroxyl groups is 1. The summed E-state index contributed by atoms with van der Waals surface area (Å²) in [5, 5.41) is 29.5. The number of Topliss-reactive ketones (excluding diaryl/α,β-unsaturated/α-hetero) is 2. The smallest absolute Gasteiger partial charge is 0.305 e. The number of hydrogen-bond acceptors (Lipinski definition) is 7. The molecule has 158 valence electrons. The average Bonchev–Trinajstić information content (AvgIpc) is 2.61. The molecule has 6 N–H and O–H groups in total. The van der Waals surface area contributed by atoms with Crippen molar-refractivity contribution in [3.8, 4) is 5.75 Å². The highest BCUT2D eigenvalue weighted by atomic mass is 16.4. The van der Waals surface area contributed by atoms with Gasteiger partial charge in [0, 0.05) is 6.42 Å². The SMILES string of the molecule is CC(=O)[C@@H](Cc1ccc(O)cc1)NC(=O)[C@@H](CC(=O)O)CC(=O)[C@H](N)CC(=O)O. The molecular formula is C19H24N2O8. The molecule has 0 aromatic heterocycles. The molecule has 10 nitrogen and oxygen atoms in total. The molecule has 1 rings (SSSR count). The Morgan fingerprint density at radius 2 is 1.52 bits per heavy atom. The molecule has 0 saturated carbocycles. The number of carboxylic acid groups (broad SMARTS) is 2. The first-order valence-electron chi connectivity index (χ1n) is 8.80. The van der Waals surface area contributed by atoms with Gasteiger partial charge in [-0.2, -0.15) is 0 Å². The number of carbonyl (C=O) groups excluding carboxylic acids is 3. The first kappa shape index (κ1) is 23.8. The van der Waals surface area contributed by atoms with Gasteiger partial charge in [-0.15, -0.1) is 0 Å². The van der Waals surface area contributed by atoms with Crippen molar-refractivity contribution >= 4 is 29.4 Å². The molecule has 0 aliphatic carbocycles. The molecule has 0 aliphatic rings. The Morgan fingerprint density at radius 3 is 2.00 bits per heavy atom. The maximum atomic E-state index is 12.5. The number of nitrogens with two attached hydrogens (primary N) is 1. The molecule has 1 aromatic rings. The van der Waals surface area contributed by atoms with Gasteiger partial charge >= 0.3 is 11.9 Å². The number of phenols is 1. The molecule has 0 saturated heterocycles. The van der Waals surface area contributed by atoms with Crippen molar-refractivity contribution in [3.63, 3.8) is 0 Å². The standard InChI is InChI=1S/C19H24N2O8/c1-10(22)15(6-11-2-4-13(23)5-3-11)21-19(29)12(8-17(25)26)7-16(24)14(20)9-18(27)28/h2-5,12,14-15,23H,6-9,20H2,1H3,(H,21,29)(H,25,26)(H,27,28)/t12-,14-,15-/m1/s1. The van der Waals surface area contributed by atoms with Gasteiger partial charge in [0.15, 0.2) is 11.6 Å². The van der Waals surface area contributed by atoms with Gasteiger partial charge in [0.25, 0.3) is 0 Å². The Morgan fingerprint density at radius 1 is 0.966 bits per heavy atom. The predicted octanol–water partition coefficient (Wildman–Crippen LogP) is -0.139. The highest BCUT2D eigenvalue weighted by Crippen LogP contribution is 2.15. The minimum Gasteiger partial charge on any atom is -0.508 e. The summed E-state index contributed by atoms with van der Waals surface area (Å²) in [6.07, 6.45) is -1.78. The Balaban J connectivity index is 2.88. The monoisotopic (exact) mass is 408 g/mol. The van der Waals surface area contributed by atoms with Crippen LogP contribution in [-0.2, 0) is 30.4 Å². The number of aliphatic carboxylic acids is 2. The van der Waals surface area contributed by atoms with Crippen LogP contribution in [0.3, 0.4) is 0 Å². The third kappa shape index (κ3) is 8.52. The molecule has 0 radical (unpaired) electrons. The molecule has 0 unspecified atom stereocenters. The number of benzene rings is 1. The van der Waals surface area contributed by atoms with Gasteiger partial charge in [-0.3, -0.25) is 24.0 Å². The van der Waals surface area contributed by atoms with E-state index in [0.29, 0.717) is 5.56 Å². The van der Waals surface area contributed by atoms with Gasteiger partial charge in [-0.1, -0.05) is 12.1 Å². The number of amides is 1. The van der Waals surface area contributed by atoms with Gasteiger partial charge in [-0.25, -0.2) is 0 Å². The van der Waals surface area contributed by atoms with Crippen molar-refractivity contribution in [1.82, 2.24) is 5.32 Å². The molecule has 1 amide bonds. The summed E-state index contributed by atoms with van der Waals surface area (Å²) >= 11 is 0. The van der Waals surface area contributed by atoms with Crippen LogP contribution < -0.4 is 11.1 Å². The highest BCUT2D eigenvalue weighted by molar-refractivity contribution is 5.95. The average molecular weight is 408 g/mol. The number of phenolic OH excluding ortho intramolecular Hbond substituents is 1. The molecule has 0 fully saturated rings. The molecule has 0 aliphatic heterocycles. The van der Waals surface area contributed by atoms with E-state index in [2.05, 4.69) is 5.32 Å². The lowest BCUT2D eigenvalue weighted by Crippen LogP contribution is -2.46. The van der Waals surface area contributed by atoms with Gasteiger partial charge in [0.05, 0.1) is 30.8 Å². The summed E-state index contributed by atoms with van der Waals surface area (Å²) in [6.45, 7) is 1.26. The highest BCUT2D eigenvalue weighted by Gasteiger charge is 2.30. The second-order valence-electron chi connectivity index (χ2n) is 6.71. The van der Waals surface area contributed by atoms with Crippen molar-refractivity contribution in [2.45, 2.75) is 44.7 Å². The van der Waals surface area contributed by atoms with E-state index < -0.39 is 60.9 Å². The van der Waals surface area contributed by atoms with E-state index in [1.807, 2.05) is 0 Å². The quantitative estimate of drug-likeness (QED) is 0.314. The number of carbonyl (C=O) groups is 5. The Hall–Kier alpha value is -3.27. The summed E-state index contributed by atoms with van der Waals surface area (Å²) in [4.78, 5) is 58.3. The normalized spacial score (nSPS) is 13.7. The largest absolute Gasteiger partial charge is 0.508 e. The van der Waals surface area contributed by atoms with E-state index in [-0.39, 0.29) is 18.0 Å². The Kier molecular flexibility index (Phi) is 8.94. The van der Waals surface area contributed by atoms with Crippen molar-refractivity contribution < 1.29 is 39.3 Å². The van der Waals surface area contributed by atoms with Crippen molar-refractivity contribution in [2.24, 2.45) is 11.7 Å². The summed E-state index contributed by atoms with van der Waals surface area (Å²) in [6, 6.07) is 3.65. The van der Waals surface area contributed by atoms with Gasteiger partial charge in [-0.05, 0) is 31.0 Å². The Labute approximate surface area is 166 Å². The lowest BCUT2D eigenvalue weighted by atomic mass is 9.93. The van der Waals surface area contributed by atoms with Crippen LogP contribution in [0.5, 0.6) is 5.75 Å². The predicted molar refractivity (Wildman–Crippen MR) is 100 cm³/mol. The first-order chi connectivity index (χ1) is 13.5. The number of ketones is 2. The number of nitrogens with one attached hydrogen (secondary N) is 1. The summed E-state index contributed by atoms with van der Waals surface area (Å²) in [7, 11) is 0. The van der Waals surface area contributed by atoms with Gasteiger partial charge in [0.1, 0.15) is 5.75 Å². The molecule has 0 bridgehead atoms. The zero-order chi connectivity index (χ0) is 22.1. The van der Waals surface area contributed by atoms with Crippen LogP contribution >= 0.6 is 0 Å². The molecule has 1 aromatic carbocycles. The van der Waals surface area contributed by atoms with Crippen molar-refractivity contribution in [3.05, 3.63) is 29.8 Å². The third-order valence-electron chi connectivity index (χ3n) is 4.23. The molecule has 10 heteroatoms. The lowest BCUT2D eigenvalue weighted by Gasteiger charge is -2.21. The van der Waals surface area contributed by atoms with Crippen LogP contribution in [0.2, 0.25) is 0 Å². The van der Waals surface area contributed by atoms with E-state index in [4.69, 9.17) is 15.9 Å². The summed E-state index contributed by atoms with van der Waals surface area (Å²) in [5.74, 6) is -5.85. The van der Waals surface area contributed by atoms with Crippen LogP contribution in [0, 0.1) is 5.92 Å². The summed E-state index contributed by atoms with van der Waals surface area (Å²) in [5.41, 5.74) is 6.13. The van der Waals surface area contributed by atoms with Gasteiger partial charge in [0.2, 0.25) is 5.91 Å². The van der Waals surface area contributed by atoms with Crippen LogP contribution in [0.25, 0.3) is 0 Å². The maximum absolute atomic E-state index is 12.5. The zero-order valence-electron chi connectivity index (χ0n) is 15.8. The molecule has 29 heavy (non-hydrogen) atoms.